The molecule has 2 heterocycles. The highest BCUT2D eigenvalue weighted by Crippen LogP contribution is 2.41. The molecule has 4 aromatic rings. The summed E-state index contributed by atoms with van der Waals surface area (Å²) < 4.78 is 12.4. The molecule has 1 atom stereocenters. The topological polar surface area (TPSA) is 55.8 Å². The van der Waals surface area contributed by atoms with Gasteiger partial charge in [0.25, 0.3) is 5.91 Å². The standard InChI is InChI=1S/C28H19Cl2NO4S3/c1-15(17-7-4-3-5-8-17)31-26(32)22(38-28(31)36)14-16-11-12-19(20(13-16)34-2)35-27(33)25-24(30)23-18(29)9-6-10-21(23)37-25/h3-15H,1-2H3/b22-14-. The molecule has 0 aliphatic carbocycles. The monoisotopic (exact) mass is 599 g/mol. The number of thiophene rings is 1. The number of amides is 1. The summed E-state index contributed by atoms with van der Waals surface area (Å²) in [6.45, 7) is 1.95. The summed E-state index contributed by atoms with van der Waals surface area (Å²) in [5.74, 6) is -0.229. The fourth-order valence-electron chi connectivity index (χ4n) is 4.05. The van der Waals surface area contributed by atoms with Crippen LogP contribution in [0, 0.1) is 0 Å². The third-order valence-electron chi connectivity index (χ3n) is 5.97. The number of nitrogens with zero attached hydrogens (tertiary/aromatic N) is 1. The molecule has 0 bridgehead atoms. The Bertz CT molecular complexity index is 1620. The number of carbonyl (C=O) groups excluding carboxylic acids is 2. The first-order valence-corrected chi connectivity index (χ1v) is 14.2. The number of carbonyl (C=O) groups is 2. The van der Waals surface area contributed by atoms with Crippen molar-refractivity contribution in [2.75, 3.05) is 7.11 Å². The molecule has 1 aliphatic rings. The van der Waals surface area contributed by atoms with Crippen molar-refractivity contribution in [3.63, 3.8) is 0 Å². The number of halogens is 2. The van der Waals surface area contributed by atoms with Gasteiger partial charge in [-0.2, -0.15) is 0 Å². The van der Waals surface area contributed by atoms with Crippen LogP contribution >= 0.6 is 58.5 Å². The van der Waals surface area contributed by atoms with Crippen LogP contribution in [0.5, 0.6) is 11.5 Å². The summed E-state index contributed by atoms with van der Waals surface area (Å²) in [5.41, 5.74) is 1.69. The Balaban J connectivity index is 1.37. The first-order chi connectivity index (χ1) is 18.3. The highest BCUT2D eigenvalue weighted by atomic mass is 35.5. The molecular weight excluding hydrogens is 581 g/mol. The van der Waals surface area contributed by atoms with E-state index in [2.05, 4.69) is 0 Å². The van der Waals surface area contributed by atoms with Gasteiger partial charge in [0, 0.05) is 10.1 Å². The van der Waals surface area contributed by atoms with E-state index in [0.717, 1.165) is 10.3 Å². The minimum Gasteiger partial charge on any atom is -0.493 e. The summed E-state index contributed by atoms with van der Waals surface area (Å²) in [7, 11) is 1.48. The quantitative estimate of drug-likeness (QED) is 0.0959. The number of methoxy groups -OCH3 is 1. The van der Waals surface area contributed by atoms with Crippen molar-refractivity contribution >= 4 is 90.9 Å². The number of hydrogen-bond acceptors (Lipinski definition) is 7. The molecule has 1 amide bonds. The second-order valence-corrected chi connectivity index (χ2v) is 11.8. The van der Waals surface area contributed by atoms with Gasteiger partial charge in [-0.05, 0) is 48.4 Å². The molecule has 1 fully saturated rings. The summed E-state index contributed by atoms with van der Waals surface area (Å²) >= 11 is 20.7. The van der Waals surface area contributed by atoms with E-state index in [1.165, 1.54) is 30.2 Å². The maximum absolute atomic E-state index is 13.2. The van der Waals surface area contributed by atoms with E-state index < -0.39 is 5.97 Å². The Kier molecular flexibility index (Phi) is 7.79. The van der Waals surface area contributed by atoms with Crippen molar-refractivity contribution in [2.24, 2.45) is 0 Å². The molecule has 0 spiro atoms. The van der Waals surface area contributed by atoms with Gasteiger partial charge in [-0.1, -0.05) is 89.6 Å². The lowest BCUT2D eigenvalue weighted by molar-refractivity contribution is -0.123. The Hall–Kier alpha value is -2.88. The fraction of sp³-hybridized carbons (Fsp3) is 0.107. The first-order valence-electron chi connectivity index (χ1n) is 11.4. The molecule has 1 saturated heterocycles. The van der Waals surface area contributed by atoms with Crippen molar-refractivity contribution in [1.82, 2.24) is 4.90 Å². The average Bonchev–Trinajstić information content (AvgIpc) is 3.40. The maximum Gasteiger partial charge on any atom is 0.355 e. The summed E-state index contributed by atoms with van der Waals surface area (Å²) in [5, 5.41) is 1.34. The van der Waals surface area contributed by atoms with Gasteiger partial charge in [-0.3, -0.25) is 9.69 Å². The molecule has 0 saturated carbocycles. The second-order valence-electron chi connectivity index (χ2n) is 8.30. The van der Waals surface area contributed by atoms with Crippen LogP contribution in [0.3, 0.4) is 0 Å². The highest BCUT2D eigenvalue weighted by Gasteiger charge is 2.36. The summed E-state index contributed by atoms with van der Waals surface area (Å²) in [6, 6.07) is 19.9. The van der Waals surface area contributed by atoms with Crippen molar-refractivity contribution in [3.8, 4) is 11.5 Å². The Morgan fingerprint density at radius 3 is 2.53 bits per heavy atom. The molecule has 1 unspecified atom stereocenters. The number of rotatable bonds is 6. The number of thioether (sulfide) groups is 1. The Morgan fingerprint density at radius 2 is 1.82 bits per heavy atom. The zero-order chi connectivity index (χ0) is 27.0. The molecule has 5 rings (SSSR count). The lowest BCUT2D eigenvalue weighted by Crippen LogP contribution is -2.30. The van der Waals surface area contributed by atoms with Gasteiger partial charge >= 0.3 is 5.97 Å². The zero-order valence-electron chi connectivity index (χ0n) is 20.1. The lowest BCUT2D eigenvalue weighted by Gasteiger charge is -2.23. The van der Waals surface area contributed by atoms with E-state index in [-0.39, 0.29) is 27.6 Å². The van der Waals surface area contributed by atoms with Crippen LogP contribution in [0.4, 0.5) is 0 Å². The lowest BCUT2D eigenvalue weighted by atomic mass is 10.1. The second kappa shape index (κ2) is 11.1. The highest BCUT2D eigenvalue weighted by molar-refractivity contribution is 8.26. The van der Waals surface area contributed by atoms with Crippen LogP contribution in [-0.4, -0.2) is 28.2 Å². The van der Waals surface area contributed by atoms with Gasteiger partial charge in [-0.25, -0.2) is 4.79 Å². The van der Waals surface area contributed by atoms with Gasteiger partial charge in [0.2, 0.25) is 0 Å². The van der Waals surface area contributed by atoms with E-state index in [0.29, 0.717) is 30.9 Å². The van der Waals surface area contributed by atoms with Gasteiger partial charge in [0.15, 0.2) is 11.5 Å². The molecule has 38 heavy (non-hydrogen) atoms. The molecule has 5 nitrogen and oxygen atoms in total. The Morgan fingerprint density at radius 1 is 1.05 bits per heavy atom. The first kappa shape index (κ1) is 26.7. The number of fused-ring (bicyclic) bond motifs is 1. The van der Waals surface area contributed by atoms with Crippen molar-refractivity contribution in [2.45, 2.75) is 13.0 Å². The minimum atomic E-state index is -0.617. The van der Waals surface area contributed by atoms with Crippen LogP contribution in [0.2, 0.25) is 10.0 Å². The number of ether oxygens (including phenoxy) is 2. The molecule has 0 radical (unpaired) electrons. The predicted octanol–water partition coefficient (Wildman–Crippen LogP) is 8.40. The minimum absolute atomic E-state index is 0.163. The number of thiocarbonyl (C=S) groups is 1. The molecule has 10 heteroatoms. The van der Waals surface area contributed by atoms with E-state index in [1.54, 1.807) is 41.3 Å². The average molecular weight is 601 g/mol. The number of benzene rings is 3. The van der Waals surface area contributed by atoms with Gasteiger partial charge in [-0.15, -0.1) is 11.3 Å². The van der Waals surface area contributed by atoms with Crippen LogP contribution < -0.4 is 9.47 Å². The molecule has 0 N–H and O–H groups in total. The molecule has 192 valence electrons. The van der Waals surface area contributed by atoms with Crippen LogP contribution in [0.15, 0.2) is 71.6 Å². The van der Waals surface area contributed by atoms with E-state index >= 15 is 0 Å². The van der Waals surface area contributed by atoms with Crippen LogP contribution in [0.25, 0.3) is 16.2 Å². The number of esters is 1. The predicted molar refractivity (Wildman–Crippen MR) is 160 cm³/mol. The van der Waals surface area contributed by atoms with Gasteiger partial charge < -0.3 is 9.47 Å². The van der Waals surface area contributed by atoms with Gasteiger partial charge in [0.05, 0.1) is 28.1 Å². The van der Waals surface area contributed by atoms with Crippen molar-refractivity contribution < 1.29 is 19.1 Å². The smallest absolute Gasteiger partial charge is 0.355 e. The third kappa shape index (κ3) is 5.07. The molecule has 1 aromatic heterocycles. The van der Waals surface area contributed by atoms with E-state index in [4.69, 9.17) is 44.9 Å². The van der Waals surface area contributed by atoms with E-state index in [9.17, 15) is 9.59 Å². The van der Waals surface area contributed by atoms with Gasteiger partial charge in [0.1, 0.15) is 9.20 Å². The molecule has 1 aliphatic heterocycles. The van der Waals surface area contributed by atoms with Crippen molar-refractivity contribution in [1.29, 1.82) is 0 Å². The largest absolute Gasteiger partial charge is 0.493 e. The third-order valence-corrected chi connectivity index (χ3v) is 9.24. The fourth-order valence-corrected chi connectivity index (χ4v) is 7.29. The zero-order valence-corrected chi connectivity index (χ0v) is 24.0. The summed E-state index contributed by atoms with van der Waals surface area (Å²) in [6.07, 6.45) is 1.75. The van der Waals surface area contributed by atoms with Crippen molar-refractivity contribution in [3.05, 3.63) is 97.7 Å². The molecule has 3 aromatic carbocycles. The summed E-state index contributed by atoms with van der Waals surface area (Å²) in [4.78, 5) is 28.6. The van der Waals surface area contributed by atoms with Crippen LogP contribution in [-0.2, 0) is 4.79 Å². The maximum atomic E-state index is 13.2. The number of hydrogen-bond donors (Lipinski definition) is 0. The van der Waals surface area contributed by atoms with E-state index in [1.807, 2.05) is 43.3 Å². The SMILES string of the molecule is COc1cc(/C=C2\SC(=S)N(C(C)c3ccccc3)C2=O)ccc1OC(=O)c1sc2cccc(Cl)c2c1Cl. The molecular formula is C28H19Cl2NO4S3. The normalized spacial score (nSPS) is 15.4. The Labute approximate surface area is 242 Å². The van der Waals surface area contributed by atoms with Crippen LogP contribution in [0.1, 0.15) is 33.8 Å².